The van der Waals surface area contributed by atoms with Gasteiger partial charge in [0.1, 0.15) is 0 Å². The summed E-state index contributed by atoms with van der Waals surface area (Å²) >= 11 is 0. The minimum atomic E-state index is -1.20. The van der Waals surface area contributed by atoms with E-state index in [9.17, 15) is 52.7 Å². The lowest BCUT2D eigenvalue weighted by Crippen LogP contribution is -2.50. The number of primary amides is 3. The second-order valence-corrected chi connectivity index (χ2v) is 19.0. The first kappa shape index (κ1) is 65.5. The summed E-state index contributed by atoms with van der Waals surface area (Å²) < 4.78 is 0. The lowest BCUT2D eigenvalue weighted by atomic mass is 9.85. The molecule has 408 valence electrons. The Hall–Kier alpha value is -6.53. The predicted octanol–water partition coefficient (Wildman–Crippen LogP) is -2.17. The van der Waals surface area contributed by atoms with Gasteiger partial charge in [-0.25, -0.2) is 0 Å². The third kappa shape index (κ3) is 27.8. The Bertz CT molecular complexity index is 1920. The fourth-order valence-electron chi connectivity index (χ4n) is 7.80. The zero-order chi connectivity index (χ0) is 55.2. The van der Waals surface area contributed by atoms with E-state index in [-0.39, 0.29) is 95.6 Å². The molecular formula is C47H84N14O11. The van der Waals surface area contributed by atoms with Gasteiger partial charge in [0, 0.05) is 82.2 Å². The Balaban J connectivity index is 6.57. The van der Waals surface area contributed by atoms with E-state index in [1.807, 2.05) is 0 Å². The maximum Gasteiger partial charge on any atom is 0.224 e. The number of nitrogens with one attached hydrogen (secondary N) is 4. The molecule has 20 N–H and O–H groups in total. The van der Waals surface area contributed by atoms with Crippen LogP contribution in [-0.4, -0.2) is 120 Å². The molecule has 0 aromatic heterocycles. The van der Waals surface area contributed by atoms with Crippen LogP contribution in [0.25, 0.3) is 0 Å². The summed E-state index contributed by atoms with van der Waals surface area (Å²) in [6.07, 6.45) is -0.316. The predicted molar refractivity (Wildman–Crippen MR) is 270 cm³/mol. The molecule has 0 aromatic rings. The first-order valence-corrected chi connectivity index (χ1v) is 24.6. The van der Waals surface area contributed by atoms with E-state index < -0.39 is 137 Å². The summed E-state index contributed by atoms with van der Waals surface area (Å²) in [4.78, 5) is 152. The number of carbonyl (C=O) groups excluding carboxylic acids is 11. The Morgan fingerprint density at radius 1 is 0.458 bits per heavy atom. The normalized spacial score (nSPS) is 14.5. The van der Waals surface area contributed by atoms with E-state index in [1.165, 1.54) is 13.8 Å². The van der Waals surface area contributed by atoms with E-state index in [0.29, 0.717) is 19.4 Å². The van der Waals surface area contributed by atoms with Crippen LogP contribution in [0.4, 0.5) is 0 Å². The van der Waals surface area contributed by atoms with Crippen molar-refractivity contribution in [3.8, 4) is 0 Å². The number of nitrogens with two attached hydrogens (primary N) is 8. The molecule has 8 atom stereocenters. The molecule has 0 aliphatic carbocycles. The molecule has 0 fully saturated rings. The van der Waals surface area contributed by atoms with Crippen molar-refractivity contribution in [3.63, 3.8) is 0 Å². The summed E-state index contributed by atoms with van der Waals surface area (Å²) in [5.41, 5.74) is 43.7. The topological polar surface area (TPSA) is 469 Å². The first-order chi connectivity index (χ1) is 33.6. The second-order valence-electron chi connectivity index (χ2n) is 19.0. The van der Waals surface area contributed by atoms with E-state index >= 15 is 0 Å². The largest absolute Gasteiger partial charge is 0.370 e. The monoisotopic (exact) mass is 1020 g/mol. The number of hydrogen-bond acceptors (Lipinski definition) is 14. The lowest BCUT2D eigenvalue weighted by molar-refractivity contribution is -0.137. The first-order valence-electron chi connectivity index (χ1n) is 24.6. The van der Waals surface area contributed by atoms with Crippen molar-refractivity contribution in [2.24, 2.45) is 91.4 Å². The van der Waals surface area contributed by atoms with Gasteiger partial charge in [-0.15, -0.1) is 0 Å². The fourth-order valence-corrected chi connectivity index (χ4v) is 7.80. The number of carbonyl (C=O) groups is 11. The molecule has 0 saturated heterocycles. The Labute approximate surface area is 422 Å². The maximum absolute atomic E-state index is 14.1. The standard InChI is InChI=1S/C47H84N14O11/c1-25(2)32(24-37(65)34(59-28(6)62)15-17-40(50)68)45(72)61-41(26(3)4)38(66)23-31(12-10-20-57-47(54)55)43(70)58-27(5)35(63)22-30(11-9-19-56-46(52)53)44(71)60-33(13-7-8-18-48)36(64)21-29(42(51)69)14-16-39(49)67/h25-27,29-34,41H,7-24,48H2,1-6H3,(H2,49,67)(H2,50,68)(H2,51,69)(H,58,70)(H,59,62)(H,60,71)(H,61,72)(H4,52,53,56)(H4,54,55,57). The minimum Gasteiger partial charge on any atom is -0.370 e. The molecule has 72 heavy (non-hydrogen) atoms. The Morgan fingerprint density at radius 3 is 1.39 bits per heavy atom. The second kappa shape index (κ2) is 34.7. The summed E-state index contributed by atoms with van der Waals surface area (Å²) in [6.45, 7) is 9.94. The smallest absolute Gasteiger partial charge is 0.224 e. The van der Waals surface area contributed by atoms with Crippen LogP contribution < -0.4 is 67.1 Å². The van der Waals surface area contributed by atoms with Crippen molar-refractivity contribution < 1.29 is 52.7 Å². The van der Waals surface area contributed by atoms with Gasteiger partial charge in [0.15, 0.2) is 35.1 Å². The molecule has 25 nitrogen and oxygen atoms in total. The molecule has 7 amide bonds. The third-order valence-corrected chi connectivity index (χ3v) is 12.0. The number of aliphatic imine (C=N–C) groups is 2. The quantitative estimate of drug-likeness (QED) is 0.0177. The minimum absolute atomic E-state index is 0.0664. The van der Waals surface area contributed by atoms with Gasteiger partial charge in [-0.3, -0.25) is 62.7 Å². The van der Waals surface area contributed by atoms with Gasteiger partial charge >= 0.3 is 0 Å². The highest BCUT2D eigenvalue weighted by Crippen LogP contribution is 2.23. The number of unbranched alkanes of at least 4 members (excludes halogenated alkanes) is 1. The number of guanidine groups is 2. The van der Waals surface area contributed by atoms with Crippen molar-refractivity contribution in [2.45, 2.75) is 162 Å². The van der Waals surface area contributed by atoms with Crippen LogP contribution in [0.2, 0.25) is 0 Å². The Morgan fingerprint density at radius 2 is 0.931 bits per heavy atom. The number of ketones is 4. The van der Waals surface area contributed by atoms with Gasteiger partial charge in [-0.1, -0.05) is 27.7 Å². The van der Waals surface area contributed by atoms with Crippen molar-refractivity contribution in [1.29, 1.82) is 0 Å². The number of hydrogen-bond donors (Lipinski definition) is 12. The van der Waals surface area contributed by atoms with Gasteiger partial charge < -0.3 is 67.1 Å². The molecule has 0 aliphatic rings. The van der Waals surface area contributed by atoms with Gasteiger partial charge in [0.2, 0.25) is 41.4 Å². The van der Waals surface area contributed by atoms with Gasteiger partial charge in [-0.2, -0.15) is 0 Å². The lowest BCUT2D eigenvalue weighted by Gasteiger charge is -2.28. The van der Waals surface area contributed by atoms with E-state index in [1.54, 1.807) is 27.7 Å². The van der Waals surface area contributed by atoms with Crippen LogP contribution in [0, 0.1) is 35.5 Å². The van der Waals surface area contributed by atoms with Gasteiger partial charge in [0.05, 0.1) is 24.2 Å². The highest BCUT2D eigenvalue weighted by Gasteiger charge is 2.36. The van der Waals surface area contributed by atoms with Crippen molar-refractivity contribution in [2.75, 3.05) is 19.6 Å². The molecular weight excluding hydrogens is 937 g/mol. The van der Waals surface area contributed by atoms with Gasteiger partial charge in [-0.05, 0) is 83.1 Å². The highest BCUT2D eigenvalue weighted by molar-refractivity contribution is 5.98. The third-order valence-electron chi connectivity index (χ3n) is 12.0. The fraction of sp³-hybridized carbons (Fsp3) is 0.723. The number of amides is 7. The van der Waals surface area contributed by atoms with Crippen molar-refractivity contribution in [1.82, 2.24) is 21.3 Å². The number of nitrogens with zero attached hydrogens (tertiary/aromatic N) is 2. The summed E-state index contributed by atoms with van der Waals surface area (Å²) in [5.74, 6) is -12.2. The molecule has 0 spiro atoms. The molecule has 0 aromatic carbocycles. The summed E-state index contributed by atoms with van der Waals surface area (Å²) in [7, 11) is 0. The molecule has 0 aliphatic heterocycles. The number of rotatable bonds is 40. The molecule has 0 bridgehead atoms. The summed E-state index contributed by atoms with van der Waals surface area (Å²) in [5, 5.41) is 10.7. The molecule has 0 saturated carbocycles. The van der Waals surface area contributed by atoms with Crippen LogP contribution in [-0.2, 0) is 52.7 Å². The van der Waals surface area contributed by atoms with Crippen molar-refractivity contribution in [3.05, 3.63) is 0 Å². The molecule has 0 heterocycles. The zero-order valence-electron chi connectivity index (χ0n) is 43.0. The average Bonchev–Trinajstić information content (AvgIpc) is 3.27. The van der Waals surface area contributed by atoms with Crippen LogP contribution in [0.15, 0.2) is 9.98 Å². The van der Waals surface area contributed by atoms with E-state index in [4.69, 9.17) is 45.9 Å². The number of Topliss-reactive ketones (excluding diaryl/α,β-unsaturated/α-hetero) is 4. The highest BCUT2D eigenvalue weighted by atomic mass is 16.2. The molecule has 25 heteroatoms. The molecule has 8 unspecified atom stereocenters. The average molecular weight is 1020 g/mol. The Kier molecular flexibility index (Phi) is 31.6. The van der Waals surface area contributed by atoms with E-state index in [0.717, 1.165) is 0 Å². The SMILES string of the molecule is CC(=O)NC(CCC(N)=O)C(=O)CC(C(=O)NC(C(=O)CC(CCCN=C(N)N)C(=O)NC(C)C(=O)CC(CCCN=C(N)N)C(=O)NC(CCCCN)C(=O)CC(CCC(N)=O)C(N)=O)C(C)C)C(C)C. The van der Waals surface area contributed by atoms with Crippen molar-refractivity contribution >= 4 is 76.4 Å². The van der Waals surface area contributed by atoms with Gasteiger partial charge in [0.25, 0.3) is 0 Å². The molecule has 0 radical (unpaired) electrons. The van der Waals surface area contributed by atoms with Crippen LogP contribution in [0.3, 0.4) is 0 Å². The molecule has 0 rings (SSSR count). The maximum atomic E-state index is 14.1. The van der Waals surface area contributed by atoms with Crippen LogP contribution >= 0.6 is 0 Å². The zero-order valence-corrected chi connectivity index (χ0v) is 43.0. The van der Waals surface area contributed by atoms with Crippen LogP contribution in [0.1, 0.15) is 138 Å². The van der Waals surface area contributed by atoms with E-state index in [2.05, 4.69) is 31.3 Å². The summed E-state index contributed by atoms with van der Waals surface area (Å²) in [6, 6.07) is -4.50. The van der Waals surface area contributed by atoms with Crippen LogP contribution in [0.5, 0.6) is 0 Å².